The first-order chi connectivity index (χ1) is 13.4. The third-order valence-corrected chi connectivity index (χ3v) is 5.05. The van der Waals surface area contributed by atoms with Crippen LogP contribution in [0.3, 0.4) is 0 Å². The molecule has 142 valence electrons. The number of ketones is 2. The molecule has 0 saturated heterocycles. The molecule has 3 aromatic rings. The molecule has 0 N–H and O–H groups in total. The van der Waals surface area contributed by atoms with Gasteiger partial charge < -0.3 is 0 Å². The van der Waals surface area contributed by atoms with Gasteiger partial charge in [0.2, 0.25) is 0 Å². The molecule has 0 unspecified atom stereocenters. The van der Waals surface area contributed by atoms with Crippen LogP contribution in [-0.4, -0.2) is 11.6 Å². The van der Waals surface area contributed by atoms with Crippen LogP contribution < -0.4 is 0 Å². The predicted molar refractivity (Wildman–Crippen MR) is 120 cm³/mol. The van der Waals surface area contributed by atoms with Gasteiger partial charge in [0.25, 0.3) is 0 Å². The highest BCUT2D eigenvalue weighted by Crippen LogP contribution is 2.28. The first-order valence-corrected chi connectivity index (χ1v) is 9.79. The minimum Gasteiger partial charge on any atom is -0.294 e. The van der Waals surface area contributed by atoms with Crippen LogP contribution in [0.1, 0.15) is 30.5 Å². The summed E-state index contributed by atoms with van der Waals surface area (Å²) in [5, 5.41) is 0. The number of halogens is 1. The Morgan fingerprint density at radius 2 is 0.964 bits per heavy atom. The maximum Gasteiger partial charge on any atom is 0.161 e. The molecular formula is C25H23BrO2. The molecule has 0 aliphatic rings. The quantitative estimate of drug-likeness (QED) is 0.345. The van der Waals surface area contributed by atoms with Gasteiger partial charge in [-0.3, -0.25) is 9.59 Å². The minimum atomic E-state index is -0.106. The Hall–Kier alpha value is -2.78. The molecule has 3 heteroatoms. The molecule has 0 heterocycles. The minimum absolute atomic E-state index is 0.106. The normalized spacial score (nSPS) is 11.0. The van der Waals surface area contributed by atoms with Gasteiger partial charge in [0, 0.05) is 15.6 Å². The zero-order chi connectivity index (χ0) is 20.5. The fraction of sp³-hybridized carbons (Fsp3) is 0.120. The molecule has 28 heavy (non-hydrogen) atoms. The van der Waals surface area contributed by atoms with Crippen LogP contribution in [0, 0.1) is 6.92 Å². The molecule has 3 aromatic carbocycles. The van der Waals surface area contributed by atoms with Crippen molar-refractivity contribution in [2.75, 3.05) is 0 Å². The van der Waals surface area contributed by atoms with Crippen molar-refractivity contribution >= 4 is 38.6 Å². The van der Waals surface area contributed by atoms with E-state index in [1.807, 2.05) is 78.9 Å². The second-order valence-electron chi connectivity index (χ2n) is 6.34. The lowest BCUT2D eigenvalue weighted by Gasteiger charge is -2.12. The fourth-order valence-corrected chi connectivity index (χ4v) is 3.09. The van der Waals surface area contributed by atoms with Crippen molar-refractivity contribution < 1.29 is 9.59 Å². The number of aryl methyl sites for hydroxylation is 1. The molecule has 0 aromatic heterocycles. The maximum atomic E-state index is 12.1. The van der Waals surface area contributed by atoms with E-state index in [1.54, 1.807) is 0 Å². The highest BCUT2D eigenvalue weighted by molar-refractivity contribution is 9.10. The number of carbonyl (C=O) groups excluding carboxylic acids is 2. The Balaban J connectivity index is 0.000000292. The number of allylic oxidation sites excluding steroid dienone is 2. The van der Waals surface area contributed by atoms with Crippen LogP contribution in [0.4, 0.5) is 0 Å². The van der Waals surface area contributed by atoms with Crippen LogP contribution >= 0.6 is 15.9 Å². The smallest absolute Gasteiger partial charge is 0.161 e. The summed E-state index contributed by atoms with van der Waals surface area (Å²) in [5.41, 5.74) is 3.78. The summed E-state index contributed by atoms with van der Waals surface area (Å²) in [7, 11) is 0. The summed E-state index contributed by atoms with van der Waals surface area (Å²) in [5.74, 6) is -0.212. The van der Waals surface area contributed by atoms with Gasteiger partial charge in [0.15, 0.2) is 11.6 Å². The molecule has 0 saturated carbocycles. The number of rotatable bonds is 4. The Morgan fingerprint density at radius 3 is 1.25 bits per heavy atom. The van der Waals surface area contributed by atoms with E-state index in [0.717, 1.165) is 11.1 Å². The standard InChI is InChI=1S/C18H16O2.C7H7Br/c1-13(19)17(15-9-5-3-6-10-15)18(14(2)20)16-11-7-4-8-12-16;1-6-4-2-3-5-7(6)8/h3-12H,1-2H3;2-5H,1H3/b18-17-;. The average Bonchev–Trinajstić information content (AvgIpc) is 2.69. The largest absolute Gasteiger partial charge is 0.294 e. The Morgan fingerprint density at radius 1 is 0.607 bits per heavy atom. The van der Waals surface area contributed by atoms with Crippen molar-refractivity contribution in [3.8, 4) is 0 Å². The van der Waals surface area contributed by atoms with E-state index < -0.39 is 0 Å². The van der Waals surface area contributed by atoms with Crippen LogP contribution in [0.25, 0.3) is 11.1 Å². The van der Waals surface area contributed by atoms with Gasteiger partial charge in [0.1, 0.15) is 0 Å². The van der Waals surface area contributed by atoms with Gasteiger partial charge in [-0.05, 0) is 43.5 Å². The van der Waals surface area contributed by atoms with Crippen molar-refractivity contribution in [2.45, 2.75) is 20.8 Å². The summed E-state index contributed by atoms with van der Waals surface area (Å²) >= 11 is 3.40. The van der Waals surface area contributed by atoms with Gasteiger partial charge in [-0.25, -0.2) is 0 Å². The van der Waals surface area contributed by atoms with E-state index in [-0.39, 0.29) is 11.6 Å². The first-order valence-electron chi connectivity index (χ1n) is 9.00. The van der Waals surface area contributed by atoms with Crippen LogP contribution in [0.15, 0.2) is 89.4 Å². The summed E-state index contributed by atoms with van der Waals surface area (Å²) in [6.07, 6.45) is 0. The molecule has 0 spiro atoms. The number of hydrogen-bond donors (Lipinski definition) is 0. The van der Waals surface area contributed by atoms with Gasteiger partial charge in [-0.15, -0.1) is 0 Å². The second kappa shape index (κ2) is 10.5. The fourth-order valence-electron chi connectivity index (χ4n) is 2.81. The number of benzene rings is 3. The third-order valence-electron chi connectivity index (χ3n) is 4.16. The summed E-state index contributed by atoms with van der Waals surface area (Å²) in [6, 6.07) is 26.8. The zero-order valence-electron chi connectivity index (χ0n) is 16.3. The van der Waals surface area contributed by atoms with Crippen molar-refractivity contribution in [3.63, 3.8) is 0 Å². The Labute approximate surface area is 175 Å². The number of Topliss-reactive ketones (excluding diaryl/α,β-unsaturated/α-hetero) is 2. The zero-order valence-corrected chi connectivity index (χ0v) is 17.9. The van der Waals surface area contributed by atoms with Crippen molar-refractivity contribution in [1.29, 1.82) is 0 Å². The molecule has 0 aliphatic carbocycles. The Bertz CT molecular complexity index is 893. The molecule has 3 rings (SSSR count). The van der Waals surface area contributed by atoms with Crippen molar-refractivity contribution in [1.82, 2.24) is 0 Å². The topological polar surface area (TPSA) is 34.1 Å². The predicted octanol–water partition coefficient (Wildman–Crippen LogP) is 6.53. The van der Waals surface area contributed by atoms with E-state index in [9.17, 15) is 9.59 Å². The lowest BCUT2D eigenvalue weighted by molar-refractivity contribution is -0.113. The van der Waals surface area contributed by atoms with Crippen LogP contribution in [0.2, 0.25) is 0 Å². The highest BCUT2D eigenvalue weighted by atomic mass is 79.9. The second-order valence-corrected chi connectivity index (χ2v) is 7.20. The van der Waals surface area contributed by atoms with E-state index in [4.69, 9.17) is 0 Å². The van der Waals surface area contributed by atoms with E-state index in [1.165, 1.54) is 23.9 Å². The molecule has 0 fully saturated rings. The molecule has 0 atom stereocenters. The summed E-state index contributed by atoms with van der Waals surface area (Å²) < 4.78 is 1.18. The van der Waals surface area contributed by atoms with Gasteiger partial charge >= 0.3 is 0 Å². The SMILES string of the molecule is CC(=O)/C(=C(\C(C)=O)c1ccccc1)c1ccccc1.Cc1ccccc1Br. The summed E-state index contributed by atoms with van der Waals surface area (Å²) in [6.45, 7) is 5.06. The van der Waals surface area contributed by atoms with Crippen LogP contribution in [-0.2, 0) is 9.59 Å². The van der Waals surface area contributed by atoms with Gasteiger partial charge in [-0.1, -0.05) is 94.8 Å². The molecular weight excluding hydrogens is 412 g/mol. The molecule has 0 amide bonds. The van der Waals surface area contributed by atoms with Crippen LogP contribution in [0.5, 0.6) is 0 Å². The van der Waals surface area contributed by atoms with Crippen molar-refractivity contribution in [3.05, 3.63) is 106 Å². The lowest BCUT2D eigenvalue weighted by atomic mass is 9.90. The van der Waals surface area contributed by atoms with Gasteiger partial charge in [-0.2, -0.15) is 0 Å². The van der Waals surface area contributed by atoms with E-state index in [0.29, 0.717) is 11.1 Å². The van der Waals surface area contributed by atoms with E-state index in [2.05, 4.69) is 28.9 Å². The molecule has 0 aliphatic heterocycles. The third kappa shape index (κ3) is 5.86. The summed E-state index contributed by atoms with van der Waals surface area (Å²) in [4.78, 5) is 24.1. The van der Waals surface area contributed by atoms with Gasteiger partial charge in [0.05, 0.1) is 0 Å². The first kappa shape index (κ1) is 21.5. The molecule has 0 bridgehead atoms. The monoisotopic (exact) mass is 434 g/mol. The average molecular weight is 435 g/mol. The number of hydrogen-bond acceptors (Lipinski definition) is 2. The lowest BCUT2D eigenvalue weighted by Crippen LogP contribution is -2.06. The van der Waals surface area contributed by atoms with E-state index >= 15 is 0 Å². The maximum absolute atomic E-state index is 12.1. The molecule has 2 nitrogen and oxygen atoms in total. The highest BCUT2D eigenvalue weighted by Gasteiger charge is 2.18. The molecule has 0 radical (unpaired) electrons. The number of carbonyl (C=O) groups is 2. The Kier molecular flexibility index (Phi) is 8.09. The van der Waals surface area contributed by atoms with Crippen molar-refractivity contribution in [2.24, 2.45) is 0 Å².